The van der Waals surface area contributed by atoms with Crippen LogP contribution in [0, 0.1) is 0 Å². The summed E-state index contributed by atoms with van der Waals surface area (Å²) in [5, 5.41) is 0. The van der Waals surface area contributed by atoms with Gasteiger partial charge in [-0.25, -0.2) is 4.98 Å². The first-order chi connectivity index (χ1) is 10.2. The number of Topliss-reactive ketones (excluding diaryl/α,β-unsaturated/α-hetero) is 2. The minimum absolute atomic E-state index is 0.166. The summed E-state index contributed by atoms with van der Waals surface area (Å²) in [7, 11) is 1.79. The second kappa shape index (κ2) is 5.32. The van der Waals surface area contributed by atoms with E-state index in [2.05, 4.69) is 4.98 Å². The van der Waals surface area contributed by atoms with E-state index in [-0.39, 0.29) is 18.0 Å². The molecular formula is C17H14N2O2. The van der Waals surface area contributed by atoms with Gasteiger partial charge in [0, 0.05) is 12.6 Å². The number of carbonyl (C=O) groups is 2. The molecule has 0 aliphatic rings. The SMILES string of the molecule is Cn1c(C(=O)CC(=O)c2ccccc2)nc2ccccc21. The normalized spacial score (nSPS) is 10.7. The molecule has 4 heteroatoms. The summed E-state index contributed by atoms with van der Waals surface area (Å²) in [5.74, 6) is -0.129. The average Bonchev–Trinajstić information content (AvgIpc) is 2.86. The summed E-state index contributed by atoms with van der Waals surface area (Å²) in [6, 6.07) is 16.4. The van der Waals surface area contributed by atoms with E-state index in [4.69, 9.17) is 0 Å². The standard InChI is InChI=1S/C17H14N2O2/c1-19-14-10-6-5-9-13(14)18-17(19)16(21)11-15(20)12-7-3-2-4-8-12/h2-10H,11H2,1H3. The molecule has 0 fully saturated rings. The van der Waals surface area contributed by atoms with E-state index in [1.165, 1.54) is 0 Å². The number of benzene rings is 2. The molecule has 0 N–H and O–H groups in total. The van der Waals surface area contributed by atoms with E-state index in [0.29, 0.717) is 11.4 Å². The summed E-state index contributed by atoms with van der Waals surface area (Å²) in [6.45, 7) is 0. The topological polar surface area (TPSA) is 52.0 Å². The maximum atomic E-state index is 12.3. The zero-order valence-corrected chi connectivity index (χ0v) is 11.6. The van der Waals surface area contributed by atoms with Crippen LogP contribution in [0.15, 0.2) is 54.6 Å². The first kappa shape index (κ1) is 13.2. The van der Waals surface area contributed by atoms with Gasteiger partial charge in [-0.1, -0.05) is 42.5 Å². The van der Waals surface area contributed by atoms with Gasteiger partial charge in [0.25, 0.3) is 0 Å². The van der Waals surface area contributed by atoms with Crippen LogP contribution in [0.2, 0.25) is 0 Å². The van der Waals surface area contributed by atoms with Gasteiger partial charge in [0.2, 0.25) is 5.78 Å². The second-order valence-electron chi connectivity index (χ2n) is 4.87. The predicted molar refractivity (Wildman–Crippen MR) is 80.4 cm³/mol. The molecule has 3 rings (SSSR count). The van der Waals surface area contributed by atoms with E-state index in [0.717, 1.165) is 11.0 Å². The highest BCUT2D eigenvalue weighted by Crippen LogP contribution is 2.16. The van der Waals surface area contributed by atoms with Crippen molar-refractivity contribution in [3.63, 3.8) is 0 Å². The van der Waals surface area contributed by atoms with Crippen LogP contribution in [-0.2, 0) is 7.05 Å². The lowest BCUT2D eigenvalue weighted by molar-refractivity contribution is 0.0887. The van der Waals surface area contributed by atoms with Gasteiger partial charge in [-0.2, -0.15) is 0 Å². The third-order valence-corrected chi connectivity index (χ3v) is 3.45. The third kappa shape index (κ3) is 2.48. The second-order valence-corrected chi connectivity index (χ2v) is 4.87. The lowest BCUT2D eigenvalue weighted by Gasteiger charge is -2.02. The van der Waals surface area contributed by atoms with Gasteiger partial charge in [0.1, 0.15) is 0 Å². The Morgan fingerprint density at radius 2 is 1.62 bits per heavy atom. The molecule has 0 amide bonds. The van der Waals surface area contributed by atoms with Gasteiger partial charge < -0.3 is 4.57 Å². The van der Waals surface area contributed by atoms with E-state index >= 15 is 0 Å². The van der Waals surface area contributed by atoms with Crippen LogP contribution in [0.5, 0.6) is 0 Å². The van der Waals surface area contributed by atoms with E-state index in [1.54, 1.807) is 35.9 Å². The number of para-hydroxylation sites is 2. The highest BCUT2D eigenvalue weighted by atomic mass is 16.1. The molecule has 2 aromatic carbocycles. The molecule has 0 radical (unpaired) electrons. The van der Waals surface area contributed by atoms with Crippen LogP contribution >= 0.6 is 0 Å². The highest BCUT2D eigenvalue weighted by Gasteiger charge is 2.19. The number of hydrogen-bond donors (Lipinski definition) is 0. The smallest absolute Gasteiger partial charge is 0.206 e. The summed E-state index contributed by atoms with van der Waals surface area (Å²) in [6.07, 6.45) is -0.166. The van der Waals surface area contributed by atoms with Crippen molar-refractivity contribution in [2.24, 2.45) is 7.05 Å². The van der Waals surface area contributed by atoms with Crippen LogP contribution in [0.1, 0.15) is 27.4 Å². The number of nitrogens with zero attached hydrogens (tertiary/aromatic N) is 2. The number of imidazole rings is 1. The molecule has 1 heterocycles. The molecule has 0 saturated heterocycles. The van der Waals surface area contributed by atoms with Crippen LogP contribution < -0.4 is 0 Å². The number of aromatic nitrogens is 2. The number of ketones is 2. The first-order valence-corrected chi connectivity index (χ1v) is 6.70. The van der Waals surface area contributed by atoms with Gasteiger partial charge >= 0.3 is 0 Å². The van der Waals surface area contributed by atoms with Crippen LogP contribution in [0.25, 0.3) is 11.0 Å². The Bertz CT molecular complexity index is 819. The molecule has 1 aromatic heterocycles. The highest BCUT2D eigenvalue weighted by molar-refractivity contribution is 6.13. The van der Waals surface area contributed by atoms with Gasteiger partial charge in [-0.3, -0.25) is 9.59 Å². The summed E-state index contributed by atoms with van der Waals surface area (Å²) in [5.41, 5.74) is 2.19. The number of fused-ring (bicyclic) bond motifs is 1. The zero-order valence-electron chi connectivity index (χ0n) is 11.6. The minimum Gasteiger partial charge on any atom is -0.325 e. The molecule has 0 unspecified atom stereocenters. The molecule has 0 bridgehead atoms. The fraction of sp³-hybridized carbons (Fsp3) is 0.118. The number of hydrogen-bond acceptors (Lipinski definition) is 3. The number of aryl methyl sites for hydroxylation is 1. The predicted octanol–water partition coefficient (Wildman–Crippen LogP) is 3.03. The monoisotopic (exact) mass is 278 g/mol. The largest absolute Gasteiger partial charge is 0.325 e. The molecule has 104 valence electrons. The van der Waals surface area contributed by atoms with E-state index in [9.17, 15) is 9.59 Å². The van der Waals surface area contributed by atoms with Crippen molar-refractivity contribution in [1.29, 1.82) is 0 Å². The Kier molecular flexibility index (Phi) is 3.36. The molecule has 21 heavy (non-hydrogen) atoms. The third-order valence-electron chi connectivity index (χ3n) is 3.45. The Morgan fingerprint density at radius 3 is 2.33 bits per heavy atom. The van der Waals surface area contributed by atoms with Crippen molar-refractivity contribution < 1.29 is 9.59 Å². The molecule has 0 aliphatic carbocycles. The van der Waals surface area contributed by atoms with E-state index < -0.39 is 0 Å². The maximum absolute atomic E-state index is 12.3. The van der Waals surface area contributed by atoms with Gasteiger partial charge in [-0.15, -0.1) is 0 Å². The number of rotatable bonds is 4. The molecule has 0 saturated carbocycles. The fourth-order valence-corrected chi connectivity index (χ4v) is 2.35. The molecular weight excluding hydrogens is 264 g/mol. The van der Waals surface area contributed by atoms with Crippen molar-refractivity contribution in [2.75, 3.05) is 0 Å². The van der Waals surface area contributed by atoms with Crippen LogP contribution in [-0.4, -0.2) is 21.1 Å². The molecule has 3 aromatic rings. The Hall–Kier alpha value is -2.75. The summed E-state index contributed by atoms with van der Waals surface area (Å²) in [4.78, 5) is 28.7. The Labute approximate surface area is 122 Å². The quantitative estimate of drug-likeness (QED) is 0.544. The van der Waals surface area contributed by atoms with E-state index in [1.807, 2.05) is 30.3 Å². The van der Waals surface area contributed by atoms with Crippen molar-refractivity contribution in [3.8, 4) is 0 Å². The Morgan fingerprint density at radius 1 is 0.952 bits per heavy atom. The van der Waals surface area contributed by atoms with Crippen molar-refractivity contribution in [3.05, 3.63) is 66.0 Å². The Balaban J connectivity index is 1.88. The first-order valence-electron chi connectivity index (χ1n) is 6.70. The van der Waals surface area contributed by atoms with Crippen LogP contribution in [0.3, 0.4) is 0 Å². The molecule has 0 spiro atoms. The van der Waals surface area contributed by atoms with Crippen LogP contribution in [0.4, 0.5) is 0 Å². The summed E-state index contributed by atoms with van der Waals surface area (Å²) < 4.78 is 1.73. The van der Waals surface area contributed by atoms with Crippen molar-refractivity contribution >= 4 is 22.6 Å². The molecule has 0 atom stereocenters. The lowest BCUT2D eigenvalue weighted by Crippen LogP contribution is -2.13. The maximum Gasteiger partial charge on any atom is 0.206 e. The molecule has 4 nitrogen and oxygen atoms in total. The zero-order chi connectivity index (χ0) is 14.8. The lowest BCUT2D eigenvalue weighted by atomic mass is 10.1. The van der Waals surface area contributed by atoms with Gasteiger partial charge in [0.05, 0.1) is 17.5 Å². The fourth-order valence-electron chi connectivity index (χ4n) is 2.35. The average molecular weight is 278 g/mol. The van der Waals surface area contributed by atoms with Crippen molar-refractivity contribution in [2.45, 2.75) is 6.42 Å². The van der Waals surface area contributed by atoms with Gasteiger partial charge in [-0.05, 0) is 12.1 Å². The van der Waals surface area contributed by atoms with Crippen molar-refractivity contribution in [1.82, 2.24) is 9.55 Å². The minimum atomic E-state index is -0.262. The van der Waals surface area contributed by atoms with Gasteiger partial charge in [0.15, 0.2) is 11.6 Å². The number of carbonyl (C=O) groups excluding carboxylic acids is 2. The summed E-state index contributed by atoms with van der Waals surface area (Å²) >= 11 is 0. The molecule has 0 aliphatic heterocycles.